The van der Waals surface area contributed by atoms with Crippen molar-refractivity contribution in [2.45, 2.75) is 31.8 Å². The van der Waals surface area contributed by atoms with E-state index in [-0.39, 0.29) is 5.75 Å². The first-order chi connectivity index (χ1) is 9.45. The maximum absolute atomic E-state index is 12.0. The van der Waals surface area contributed by atoms with Crippen molar-refractivity contribution in [2.75, 3.05) is 51.7 Å². The highest BCUT2D eigenvalue weighted by Gasteiger charge is 2.37. The normalized spacial score (nSPS) is 25.7. The van der Waals surface area contributed by atoms with Gasteiger partial charge in [-0.1, -0.05) is 6.92 Å². The number of β-amino-alcohol motifs (C(OH)–C–C–N with tert-alkyl or cyclic N) is 1. The number of morpholine rings is 1. The fourth-order valence-electron chi connectivity index (χ4n) is 2.90. The summed E-state index contributed by atoms with van der Waals surface area (Å²) in [6, 6.07) is 0. The Balaban J connectivity index is 1.86. The largest absolute Gasteiger partial charge is 0.388 e. The van der Waals surface area contributed by atoms with Crippen molar-refractivity contribution in [3.63, 3.8) is 0 Å². The number of ether oxygens (including phenoxy) is 1. The van der Waals surface area contributed by atoms with Gasteiger partial charge in [-0.05, 0) is 19.3 Å². The van der Waals surface area contributed by atoms with Gasteiger partial charge in [-0.3, -0.25) is 4.90 Å². The topological polar surface area (TPSA) is 70.1 Å². The maximum Gasteiger partial charge on any atom is 0.214 e. The monoisotopic (exact) mass is 306 g/mol. The lowest BCUT2D eigenvalue weighted by atomic mass is 9.92. The van der Waals surface area contributed by atoms with Crippen LogP contribution in [0.1, 0.15) is 26.2 Å². The van der Waals surface area contributed by atoms with Crippen LogP contribution in [0.3, 0.4) is 0 Å². The van der Waals surface area contributed by atoms with Crippen LogP contribution >= 0.6 is 0 Å². The standard InChI is InChI=1S/C13H26N2O4S/c1-2-11-20(17,18)15-5-3-13(16,4-6-15)12-14-7-9-19-10-8-14/h16H,2-12H2,1H3. The van der Waals surface area contributed by atoms with Crippen molar-refractivity contribution in [3.05, 3.63) is 0 Å². The Morgan fingerprint density at radius 1 is 1.15 bits per heavy atom. The Kier molecular flexibility index (Phi) is 5.42. The number of nitrogens with zero attached hydrogens (tertiary/aromatic N) is 2. The van der Waals surface area contributed by atoms with Crippen LogP contribution in [0.15, 0.2) is 0 Å². The van der Waals surface area contributed by atoms with E-state index in [0.29, 0.717) is 52.1 Å². The van der Waals surface area contributed by atoms with E-state index in [0.717, 1.165) is 13.1 Å². The molecule has 2 fully saturated rings. The molecule has 0 saturated carbocycles. The van der Waals surface area contributed by atoms with Gasteiger partial charge in [0.2, 0.25) is 10.0 Å². The molecule has 0 aromatic heterocycles. The van der Waals surface area contributed by atoms with Gasteiger partial charge in [0.25, 0.3) is 0 Å². The Bertz CT molecular complexity index is 399. The molecule has 2 heterocycles. The average molecular weight is 306 g/mol. The summed E-state index contributed by atoms with van der Waals surface area (Å²) in [4.78, 5) is 2.21. The quantitative estimate of drug-likeness (QED) is 0.767. The lowest BCUT2D eigenvalue weighted by Crippen LogP contribution is -2.54. The summed E-state index contributed by atoms with van der Waals surface area (Å²) in [5.74, 6) is 0.203. The molecule has 1 N–H and O–H groups in total. The highest BCUT2D eigenvalue weighted by molar-refractivity contribution is 7.89. The number of hydrogen-bond acceptors (Lipinski definition) is 5. The molecule has 0 aromatic rings. The summed E-state index contributed by atoms with van der Waals surface area (Å²) >= 11 is 0. The average Bonchev–Trinajstić information content (AvgIpc) is 2.40. The summed E-state index contributed by atoms with van der Waals surface area (Å²) in [6.07, 6.45) is 1.68. The summed E-state index contributed by atoms with van der Waals surface area (Å²) in [5, 5.41) is 10.6. The van der Waals surface area contributed by atoms with Crippen LogP contribution in [0.5, 0.6) is 0 Å². The number of hydrogen-bond donors (Lipinski definition) is 1. The van der Waals surface area contributed by atoms with E-state index < -0.39 is 15.6 Å². The van der Waals surface area contributed by atoms with Gasteiger partial charge in [-0.15, -0.1) is 0 Å². The van der Waals surface area contributed by atoms with Gasteiger partial charge >= 0.3 is 0 Å². The zero-order chi connectivity index (χ0) is 14.6. The first-order valence-electron chi connectivity index (χ1n) is 7.45. The van der Waals surface area contributed by atoms with E-state index in [1.807, 2.05) is 6.92 Å². The minimum absolute atomic E-state index is 0.203. The third-order valence-electron chi connectivity index (χ3n) is 4.13. The maximum atomic E-state index is 12.0. The molecule has 0 aromatic carbocycles. The molecule has 0 spiro atoms. The Morgan fingerprint density at radius 2 is 1.75 bits per heavy atom. The van der Waals surface area contributed by atoms with Crippen LogP contribution in [0.4, 0.5) is 0 Å². The molecule has 0 aliphatic carbocycles. The number of piperidine rings is 1. The molecule has 2 aliphatic heterocycles. The zero-order valence-electron chi connectivity index (χ0n) is 12.3. The predicted octanol–water partition coefficient (Wildman–Crippen LogP) is -0.115. The third kappa shape index (κ3) is 4.14. The molecular weight excluding hydrogens is 280 g/mol. The van der Waals surface area contributed by atoms with Crippen molar-refractivity contribution in [3.8, 4) is 0 Å². The molecule has 0 amide bonds. The van der Waals surface area contributed by atoms with E-state index in [9.17, 15) is 13.5 Å². The number of aliphatic hydroxyl groups is 1. The minimum atomic E-state index is -3.13. The lowest BCUT2D eigenvalue weighted by molar-refractivity contribution is -0.0550. The molecule has 7 heteroatoms. The van der Waals surface area contributed by atoms with Crippen LogP contribution in [-0.4, -0.2) is 80.0 Å². The van der Waals surface area contributed by atoms with Gasteiger partial charge < -0.3 is 9.84 Å². The van der Waals surface area contributed by atoms with Crippen molar-refractivity contribution >= 4 is 10.0 Å². The van der Waals surface area contributed by atoms with Crippen molar-refractivity contribution in [1.82, 2.24) is 9.21 Å². The Labute approximate surface area is 121 Å². The molecule has 0 unspecified atom stereocenters. The summed E-state index contributed by atoms with van der Waals surface area (Å²) < 4.78 is 30.8. The minimum Gasteiger partial charge on any atom is -0.388 e. The Morgan fingerprint density at radius 3 is 2.30 bits per heavy atom. The van der Waals surface area contributed by atoms with Gasteiger partial charge in [0.15, 0.2) is 0 Å². The number of rotatable bonds is 5. The van der Waals surface area contributed by atoms with E-state index in [1.54, 1.807) is 0 Å². The molecule has 0 radical (unpaired) electrons. The molecular formula is C13H26N2O4S. The second-order valence-electron chi connectivity index (χ2n) is 5.83. The predicted molar refractivity (Wildman–Crippen MR) is 77.1 cm³/mol. The van der Waals surface area contributed by atoms with Crippen LogP contribution in [-0.2, 0) is 14.8 Å². The first-order valence-corrected chi connectivity index (χ1v) is 9.06. The molecule has 2 saturated heterocycles. The van der Waals surface area contributed by atoms with Crippen LogP contribution < -0.4 is 0 Å². The van der Waals surface area contributed by atoms with Gasteiger partial charge in [-0.25, -0.2) is 12.7 Å². The molecule has 2 rings (SSSR count). The molecule has 20 heavy (non-hydrogen) atoms. The van der Waals surface area contributed by atoms with E-state index >= 15 is 0 Å². The van der Waals surface area contributed by atoms with Gasteiger partial charge in [-0.2, -0.15) is 0 Å². The number of sulfonamides is 1. The fourth-order valence-corrected chi connectivity index (χ4v) is 4.41. The van der Waals surface area contributed by atoms with Gasteiger partial charge in [0, 0.05) is 32.7 Å². The molecule has 118 valence electrons. The Hall–Kier alpha value is -0.210. The second-order valence-corrected chi connectivity index (χ2v) is 7.92. The van der Waals surface area contributed by atoms with Gasteiger partial charge in [0.1, 0.15) is 0 Å². The summed E-state index contributed by atoms with van der Waals surface area (Å²) in [6.45, 7) is 6.49. The zero-order valence-corrected chi connectivity index (χ0v) is 13.1. The van der Waals surface area contributed by atoms with Crippen molar-refractivity contribution in [1.29, 1.82) is 0 Å². The van der Waals surface area contributed by atoms with Crippen molar-refractivity contribution < 1.29 is 18.3 Å². The smallest absolute Gasteiger partial charge is 0.214 e. The molecule has 0 bridgehead atoms. The summed E-state index contributed by atoms with van der Waals surface area (Å²) in [7, 11) is -3.13. The molecule has 0 atom stereocenters. The van der Waals surface area contributed by atoms with Crippen LogP contribution in [0.25, 0.3) is 0 Å². The third-order valence-corrected chi connectivity index (χ3v) is 6.21. The van der Waals surface area contributed by atoms with E-state index in [2.05, 4.69) is 4.90 Å². The highest BCUT2D eigenvalue weighted by Crippen LogP contribution is 2.25. The van der Waals surface area contributed by atoms with Crippen molar-refractivity contribution in [2.24, 2.45) is 0 Å². The second kappa shape index (κ2) is 6.70. The first kappa shape index (κ1) is 16.2. The van der Waals surface area contributed by atoms with Crippen LogP contribution in [0, 0.1) is 0 Å². The SMILES string of the molecule is CCCS(=O)(=O)N1CCC(O)(CN2CCOCC2)CC1. The van der Waals surface area contributed by atoms with E-state index in [4.69, 9.17) is 4.74 Å². The molecule has 6 nitrogen and oxygen atoms in total. The molecule has 2 aliphatic rings. The fraction of sp³-hybridized carbons (Fsp3) is 1.00. The van der Waals surface area contributed by atoms with E-state index in [1.165, 1.54) is 4.31 Å². The van der Waals surface area contributed by atoms with Crippen LogP contribution in [0.2, 0.25) is 0 Å². The highest BCUT2D eigenvalue weighted by atomic mass is 32.2. The summed E-state index contributed by atoms with van der Waals surface area (Å²) in [5.41, 5.74) is -0.754. The lowest BCUT2D eigenvalue weighted by Gasteiger charge is -2.41. The van der Waals surface area contributed by atoms with Gasteiger partial charge in [0.05, 0.1) is 24.6 Å².